The summed E-state index contributed by atoms with van der Waals surface area (Å²) in [5.41, 5.74) is 1.28. The minimum atomic E-state index is -0.0116. The van der Waals surface area contributed by atoms with Crippen molar-refractivity contribution in [1.82, 2.24) is 0 Å². The monoisotopic (exact) mass is 342 g/mol. The van der Waals surface area contributed by atoms with Crippen LogP contribution >= 0.6 is 11.8 Å². The summed E-state index contributed by atoms with van der Waals surface area (Å²) in [4.78, 5) is 13.6. The Morgan fingerprint density at radius 3 is 2.00 bits per heavy atom. The molecular weight excluding hydrogens is 316 g/mol. The number of ketones is 1. The number of aromatic hydroxyl groups is 1. The highest BCUT2D eigenvalue weighted by atomic mass is 32.2. The van der Waals surface area contributed by atoms with Gasteiger partial charge in [-0.1, -0.05) is 39.0 Å². The fourth-order valence-electron chi connectivity index (χ4n) is 2.55. The van der Waals surface area contributed by atoms with E-state index in [4.69, 9.17) is 0 Å². The summed E-state index contributed by atoms with van der Waals surface area (Å²) in [6.07, 6.45) is 7.91. The van der Waals surface area contributed by atoms with Gasteiger partial charge in [0.15, 0.2) is 5.78 Å². The summed E-state index contributed by atoms with van der Waals surface area (Å²) in [5.74, 6) is 1.30. The van der Waals surface area contributed by atoms with Crippen LogP contribution in [0.25, 0.3) is 0 Å². The number of hydrogen-bond donors (Lipinski definition) is 1. The number of phenols is 1. The van der Waals surface area contributed by atoms with E-state index in [-0.39, 0.29) is 11.5 Å². The molecule has 128 valence electrons. The maximum Gasteiger partial charge on any atom is 0.193 e. The van der Waals surface area contributed by atoms with E-state index in [0.717, 1.165) is 5.75 Å². The Balaban J connectivity index is 1.78. The van der Waals surface area contributed by atoms with Gasteiger partial charge in [-0.25, -0.2) is 0 Å². The number of unbranched alkanes of at least 4 members (excludes halogenated alkanes) is 5. The number of carbonyl (C=O) groups excluding carboxylic acids is 1. The van der Waals surface area contributed by atoms with Gasteiger partial charge in [0.05, 0.1) is 0 Å². The van der Waals surface area contributed by atoms with Crippen molar-refractivity contribution in [2.24, 2.45) is 0 Å². The van der Waals surface area contributed by atoms with Gasteiger partial charge < -0.3 is 5.11 Å². The molecule has 0 saturated heterocycles. The number of rotatable bonds is 10. The maximum absolute atomic E-state index is 12.4. The largest absolute Gasteiger partial charge is 0.508 e. The zero-order valence-corrected chi connectivity index (χ0v) is 15.1. The quantitative estimate of drug-likeness (QED) is 0.323. The van der Waals surface area contributed by atoms with Crippen LogP contribution in [0.5, 0.6) is 5.75 Å². The van der Waals surface area contributed by atoms with E-state index >= 15 is 0 Å². The SMILES string of the molecule is CCCCCCCCSc1ccc(C(=O)c2ccc(O)cc2)cc1. The molecule has 2 rings (SSSR count). The van der Waals surface area contributed by atoms with Crippen molar-refractivity contribution in [2.75, 3.05) is 5.75 Å². The Morgan fingerprint density at radius 2 is 1.38 bits per heavy atom. The molecular formula is C21H26O2S. The summed E-state index contributed by atoms with van der Waals surface area (Å²) in [7, 11) is 0. The lowest BCUT2D eigenvalue weighted by Crippen LogP contribution is -2.00. The molecule has 0 atom stereocenters. The maximum atomic E-state index is 12.4. The number of hydrogen-bond acceptors (Lipinski definition) is 3. The van der Waals surface area contributed by atoms with Crippen molar-refractivity contribution in [3.05, 3.63) is 59.7 Å². The highest BCUT2D eigenvalue weighted by molar-refractivity contribution is 7.99. The molecule has 0 aliphatic carbocycles. The van der Waals surface area contributed by atoms with Crippen LogP contribution in [0.1, 0.15) is 61.4 Å². The number of phenolic OH excluding ortho intramolecular Hbond substituents is 1. The van der Waals surface area contributed by atoms with Crippen molar-refractivity contribution < 1.29 is 9.90 Å². The van der Waals surface area contributed by atoms with E-state index in [1.54, 1.807) is 12.1 Å². The Hall–Kier alpha value is -1.74. The number of carbonyl (C=O) groups is 1. The van der Waals surface area contributed by atoms with Crippen molar-refractivity contribution >= 4 is 17.5 Å². The molecule has 1 N–H and O–H groups in total. The van der Waals surface area contributed by atoms with Crippen LogP contribution in [0.2, 0.25) is 0 Å². The summed E-state index contributed by atoms with van der Waals surface area (Å²) in [6.45, 7) is 2.24. The van der Waals surface area contributed by atoms with Gasteiger partial charge in [-0.15, -0.1) is 11.8 Å². The molecule has 0 radical (unpaired) electrons. The Morgan fingerprint density at radius 1 is 0.833 bits per heavy atom. The van der Waals surface area contributed by atoms with E-state index in [1.807, 2.05) is 36.0 Å². The minimum absolute atomic E-state index is 0.0116. The molecule has 2 aromatic carbocycles. The zero-order valence-electron chi connectivity index (χ0n) is 14.3. The van der Waals surface area contributed by atoms with Crippen LogP contribution < -0.4 is 0 Å². The lowest BCUT2D eigenvalue weighted by Gasteiger charge is -2.05. The minimum Gasteiger partial charge on any atom is -0.508 e. The van der Waals surface area contributed by atoms with Crippen molar-refractivity contribution in [3.63, 3.8) is 0 Å². The molecule has 0 spiro atoms. The lowest BCUT2D eigenvalue weighted by molar-refractivity contribution is 0.103. The molecule has 0 heterocycles. The van der Waals surface area contributed by atoms with Crippen LogP contribution in [-0.4, -0.2) is 16.6 Å². The first-order valence-corrected chi connectivity index (χ1v) is 9.76. The van der Waals surface area contributed by atoms with Crippen molar-refractivity contribution in [1.29, 1.82) is 0 Å². The van der Waals surface area contributed by atoms with E-state index < -0.39 is 0 Å². The number of benzene rings is 2. The second-order valence-electron chi connectivity index (χ2n) is 6.02. The Kier molecular flexibility index (Phi) is 7.90. The third kappa shape index (κ3) is 6.04. The molecule has 3 heteroatoms. The molecule has 0 unspecified atom stereocenters. The van der Waals surface area contributed by atoms with E-state index in [2.05, 4.69) is 6.92 Å². The molecule has 0 aliphatic heterocycles. The lowest BCUT2D eigenvalue weighted by atomic mass is 10.0. The molecule has 2 nitrogen and oxygen atoms in total. The molecule has 24 heavy (non-hydrogen) atoms. The molecule has 0 amide bonds. The molecule has 2 aromatic rings. The third-order valence-electron chi connectivity index (χ3n) is 4.01. The van der Waals surface area contributed by atoms with Crippen LogP contribution in [-0.2, 0) is 0 Å². The van der Waals surface area contributed by atoms with Crippen molar-refractivity contribution in [3.8, 4) is 5.75 Å². The second-order valence-corrected chi connectivity index (χ2v) is 7.18. The first kappa shape index (κ1) is 18.6. The first-order valence-electron chi connectivity index (χ1n) is 8.77. The fourth-order valence-corrected chi connectivity index (χ4v) is 3.47. The van der Waals surface area contributed by atoms with E-state index in [0.29, 0.717) is 11.1 Å². The third-order valence-corrected chi connectivity index (χ3v) is 5.11. The topological polar surface area (TPSA) is 37.3 Å². The number of thioether (sulfide) groups is 1. The predicted molar refractivity (Wildman–Crippen MR) is 102 cm³/mol. The van der Waals surface area contributed by atoms with Crippen LogP contribution in [0.15, 0.2) is 53.4 Å². The van der Waals surface area contributed by atoms with Crippen LogP contribution in [0.4, 0.5) is 0 Å². The molecule has 0 aromatic heterocycles. The first-order chi connectivity index (χ1) is 11.7. The highest BCUT2D eigenvalue weighted by Gasteiger charge is 2.08. The smallest absolute Gasteiger partial charge is 0.193 e. The molecule has 0 bridgehead atoms. The summed E-state index contributed by atoms with van der Waals surface area (Å²) >= 11 is 1.86. The van der Waals surface area contributed by atoms with Gasteiger partial charge >= 0.3 is 0 Å². The summed E-state index contributed by atoms with van der Waals surface area (Å²) in [5, 5.41) is 9.29. The second kappa shape index (κ2) is 10.2. The average molecular weight is 343 g/mol. The highest BCUT2D eigenvalue weighted by Crippen LogP contribution is 2.22. The summed E-state index contributed by atoms with van der Waals surface area (Å²) < 4.78 is 0. The normalized spacial score (nSPS) is 10.7. The van der Waals surface area contributed by atoms with Gasteiger partial charge in [0.2, 0.25) is 0 Å². The predicted octanol–water partition coefficient (Wildman–Crippen LogP) is 6.08. The van der Waals surface area contributed by atoms with E-state index in [9.17, 15) is 9.90 Å². The van der Waals surface area contributed by atoms with Gasteiger partial charge in [-0.05, 0) is 60.7 Å². The molecule has 0 fully saturated rings. The Labute approximate surface area is 149 Å². The van der Waals surface area contributed by atoms with Gasteiger partial charge in [-0.3, -0.25) is 4.79 Å². The standard InChI is InChI=1S/C21H26O2S/c1-2-3-4-5-6-7-16-24-20-14-10-18(11-15-20)21(23)17-8-12-19(22)13-9-17/h8-15,22H,2-7,16H2,1H3. The molecule has 0 aliphatic rings. The Bertz CT molecular complexity index is 617. The van der Waals surface area contributed by atoms with Gasteiger partial charge in [0, 0.05) is 16.0 Å². The fraction of sp³-hybridized carbons (Fsp3) is 0.381. The summed E-state index contributed by atoms with van der Waals surface area (Å²) in [6, 6.07) is 14.2. The van der Waals surface area contributed by atoms with Crippen LogP contribution in [0.3, 0.4) is 0 Å². The van der Waals surface area contributed by atoms with Crippen LogP contribution in [0, 0.1) is 0 Å². The van der Waals surface area contributed by atoms with Crippen molar-refractivity contribution in [2.45, 2.75) is 50.3 Å². The van der Waals surface area contributed by atoms with Gasteiger partial charge in [0.25, 0.3) is 0 Å². The van der Waals surface area contributed by atoms with E-state index in [1.165, 1.54) is 55.6 Å². The zero-order chi connectivity index (χ0) is 17.2. The van der Waals surface area contributed by atoms with Gasteiger partial charge in [0.1, 0.15) is 5.75 Å². The molecule has 0 saturated carbocycles. The average Bonchev–Trinajstić information content (AvgIpc) is 2.61. The van der Waals surface area contributed by atoms with Gasteiger partial charge in [-0.2, -0.15) is 0 Å².